The largest absolute Gasteiger partial charge is 0.355 e. The molecule has 0 unspecified atom stereocenters. The minimum Gasteiger partial charge on any atom is -0.355 e. The maximum absolute atomic E-state index is 12.5. The quantitative estimate of drug-likeness (QED) is 0.894. The first-order chi connectivity index (χ1) is 11.4. The molecule has 130 valence electrons. The molecule has 0 aliphatic carbocycles. The molecule has 1 atom stereocenters. The number of hydrogen-bond acceptors (Lipinski definition) is 5. The molecular formula is C18H25N3O2S. The maximum Gasteiger partial charge on any atom is 0.273 e. The molecule has 0 saturated carbocycles. The summed E-state index contributed by atoms with van der Waals surface area (Å²) in [6, 6.07) is 6.19. The van der Waals surface area contributed by atoms with Gasteiger partial charge in [0.15, 0.2) is 11.5 Å². The number of thiophene rings is 1. The Morgan fingerprint density at radius 1 is 1.50 bits per heavy atom. The number of piperidine rings is 1. The van der Waals surface area contributed by atoms with Gasteiger partial charge in [-0.1, -0.05) is 17.6 Å². The van der Waals surface area contributed by atoms with Crippen LogP contribution in [0.25, 0.3) is 10.6 Å². The predicted octanol–water partition coefficient (Wildman–Crippen LogP) is 3.79. The van der Waals surface area contributed by atoms with E-state index in [1.165, 1.54) is 19.3 Å². The standard InChI is InChI=1S/C18H25N3O2S/c1-13-7-4-5-9-21(13)12-18(2,3)19-17(22)14-11-15(23-20-14)16-8-6-10-24-16/h6,8,10-11,13H,4-5,7,9,12H2,1-3H3,(H,19,22)/t13-/m0/s1. The number of aromatic nitrogens is 1. The van der Waals surface area contributed by atoms with E-state index in [9.17, 15) is 4.79 Å². The van der Waals surface area contributed by atoms with Crippen molar-refractivity contribution < 1.29 is 9.32 Å². The molecule has 1 saturated heterocycles. The van der Waals surface area contributed by atoms with Gasteiger partial charge in [0.05, 0.1) is 4.88 Å². The highest BCUT2D eigenvalue weighted by Crippen LogP contribution is 2.25. The summed E-state index contributed by atoms with van der Waals surface area (Å²) in [4.78, 5) is 16.0. The van der Waals surface area contributed by atoms with Crippen LogP contribution in [0, 0.1) is 0 Å². The van der Waals surface area contributed by atoms with Crippen molar-refractivity contribution >= 4 is 17.2 Å². The van der Waals surface area contributed by atoms with E-state index in [-0.39, 0.29) is 11.4 Å². The fourth-order valence-electron chi connectivity index (χ4n) is 3.23. The Morgan fingerprint density at radius 2 is 2.33 bits per heavy atom. The van der Waals surface area contributed by atoms with Gasteiger partial charge >= 0.3 is 0 Å². The second kappa shape index (κ2) is 7.07. The van der Waals surface area contributed by atoms with Crippen molar-refractivity contribution in [3.8, 4) is 10.6 Å². The molecule has 2 aromatic rings. The van der Waals surface area contributed by atoms with E-state index in [4.69, 9.17) is 4.52 Å². The van der Waals surface area contributed by atoms with E-state index < -0.39 is 0 Å². The maximum atomic E-state index is 12.5. The third kappa shape index (κ3) is 4.05. The van der Waals surface area contributed by atoms with Crippen molar-refractivity contribution in [3.63, 3.8) is 0 Å². The SMILES string of the molecule is C[C@H]1CCCCN1CC(C)(C)NC(=O)c1cc(-c2cccs2)on1. The van der Waals surface area contributed by atoms with Crippen LogP contribution in [0.5, 0.6) is 0 Å². The molecule has 0 spiro atoms. The summed E-state index contributed by atoms with van der Waals surface area (Å²) >= 11 is 1.57. The molecule has 6 heteroatoms. The first-order valence-corrected chi connectivity index (χ1v) is 9.40. The number of hydrogen-bond donors (Lipinski definition) is 1. The van der Waals surface area contributed by atoms with Crippen LogP contribution in [0.3, 0.4) is 0 Å². The second-order valence-electron chi connectivity index (χ2n) is 7.21. The number of carbonyl (C=O) groups is 1. The van der Waals surface area contributed by atoms with Crippen LogP contribution < -0.4 is 5.32 Å². The minimum absolute atomic E-state index is 0.184. The van der Waals surface area contributed by atoms with Crippen LogP contribution in [0.2, 0.25) is 0 Å². The topological polar surface area (TPSA) is 58.4 Å². The third-order valence-corrected chi connectivity index (χ3v) is 5.38. The van der Waals surface area contributed by atoms with Gasteiger partial charge in [0.25, 0.3) is 5.91 Å². The summed E-state index contributed by atoms with van der Waals surface area (Å²) in [5, 5.41) is 9.00. The molecule has 0 radical (unpaired) electrons. The molecular weight excluding hydrogens is 322 g/mol. The van der Waals surface area contributed by atoms with E-state index in [0.717, 1.165) is 18.0 Å². The van der Waals surface area contributed by atoms with Gasteiger partial charge in [0, 0.05) is 24.2 Å². The lowest BCUT2D eigenvalue weighted by molar-refractivity contribution is 0.0826. The molecule has 24 heavy (non-hydrogen) atoms. The molecule has 1 amide bonds. The summed E-state index contributed by atoms with van der Waals surface area (Å²) in [5.41, 5.74) is 0.0169. The van der Waals surface area contributed by atoms with Crippen LogP contribution in [0.4, 0.5) is 0 Å². The fraction of sp³-hybridized carbons (Fsp3) is 0.556. The third-order valence-electron chi connectivity index (χ3n) is 4.50. The smallest absolute Gasteiger partial charge is 0.273 e. The van der Waals surface area contributed by atoms with Gasteiger partial charge in [-0.2, -0.15) is 0 Å². The van der Waals surface area contributed by atoms with E-state index >= 15 is 0 Å². The van der Waals surface area contributed by atoms with Crippen LogP contribution in [0.1, 0.15) is 50.5 Å². The van der Waals surface area contributed by atoms with E-state index in [0.29, 0.717) is 17.5 Å². The zero-order valence-corrected chi connectivity index (χ0v) is 15.4. The number of nitrogens with one attached hydrogen (secondary N) is 1. The van der Waals surface area contributed by atoms with Crippen molar-refractivity contribution in [1.82, 2.24) is 15.4 Å². The van der Waals surface area contributed by atoms with Crippen molar-refractivity contribution in [2.75, 3.05) is 13.1 Å². The number of carbonyl (C=O) groups excluding carboxylic acids is 1. The normalized spacial score (nSPS) is 19.4. The van der Waals surface area contributed by atoms with Gasteiger partial charge in [-0.05, 0) is 51.6 Å². The van der Waals surface area contributed by atoms with Crippen molar-refractivity contribution in [3.05, 3.63) is 29.3 Å². The van der Waals surface area contributed by atoms with E-state index in [1.54, 1.807) is 17.4 Å². The number of likely N-dealkylation sites (tertiary alicyclic amines) is 1. The molecule has 3 rings (SSSR count). The van der Waals surface area contributed by atoms with Crippen LogP contribution in [-0.4, -0.2) is 40.6 Å². The van der Waals surface area contributed by atoms with Gasteiger partial charge in [-0.25, -0.2) is 0 Å². The number of rotatable bonds is 5. The summed E-state index contributed by atoms with van der Waals surface area (Å²) in [6.45, 7) is 8.34. The first kappa shape index (κ1) is 17.2. The molecule has 5 nitrogen and oxygen atoms in total. The first-order valence-electron chi connectivity index (χ1n) is 8.52. The lowest BCUT2D eigenvalue weighted by atomic mass is 9.98. The average Bonchev–Trinajstić information content (AvgIpc) is 3.19. The van der Waals surface area contributed by atoms with Crippen LogP contribution in [0.15, 0.2) is 28.1 Å². The van der Waals surface area contributed by atoms with Crippen LogP contribution in [-0.2, 0) is 0 Å². The van der Waals surface area contributed by atoms with Crippen molar-refractivity contribution in [2.24, 2.45) is 0 Å². The number of nitrogens with zero attached hydrogens (tertiary/aromatic N) is 2. The summed E-state index contributed by atoms with van der Waals surface area (Å²) in [7, 11) is 0. The average molecular weight is 347 g/mol. The summed E-state index contributed by atoms with van der Waals surface area (Å²) < 4.78 is 5.30. The lowest BCUT2D eigenvalue weighted by Gasteiger charge is -2.39. The Hall–Kier alpha value is -1.66. The molecule has 0 aromatic carbocycles. The van der Waals surface area contributed by atoms with Crippen LogP contribution >= 0.6 is 11.3 Å². The molecule has 1 aliphatic rings. The Balaban J connectivity index is 1.62. The van der Waals surface area contributed by atoms with Crippen molar-refractivity contribution in [1.29, 1.82) is 0 Å². The molecule has 1 fully saturated rings. The molecule has 1 aliphatic heterocycles. The molecule has 3 heterocycles. The van der Waals surface area contributed by atoms with Gasteiger partial charge in [-0.3, -0.25) is 9.69 Å². The Morgan fingerprint density at radius 3 is 3.04 bits per heavy atom. The highest BCUT2D eigenvalue weighted by Gasteiger charge is 2.29. The van der Waals surface area contributed by atoms with Gasteiger partial charge in [0.2, 0.25) is 0 Å². The predicted molar refractivity (Wildman–Crippen MR) is 96.2 cm³/mol. The highest BCUT2D eigenvalue weighted by atomic mass is 32.1. The molecule has 0 bridgehead atoms. The second-order valence-corrected chi connectivity index (χ2v) is 8.15. The van der Waals surface area contributed by atoms with E-state index in [1.807, 2.05) is 17.5 Å². The van der Waals surface area contributed by atoms with Gasteiger partial charge in [0.1, 0.15) is 0 Å². The summed E-state index contributed by atoms with van der Waals surface area (Å²) in [5.74, 6) is 0.453. The summed E-state index contributed by atoms with van der Waals surface area (Å²) in [6.07, 6.45) is 3.77. The fourth-order valence-corrected chi connectivity index (χ4v) is 3.90. The Labute approximate surface area is 147 Å². The zero-order chi connectivity index (χ0) is 17.2. The minimum atomic E-state index is -0.315. The lowest BCUT2D eigenvalue weighted by Crippen LogP contribution is -2.54. The van der Waals surface area contributed by atoms with Crippen molar-refractivity contribution in [2.45, 2.75) is 51.6 Å². The molecule has 1 N–H and O–H groups in total. The van der Waals surface area contributed by atoms with E-state index in [2.05, 4.69) is 36.1 Å². The van der Waals surface area contributed by atoms with Gasteiger partial charge in [-0.15, -0.1) is 11.3 Å². The zero-order valence-electron chi connectivity index (χ0n) is 14.5. The van der Waals surface area contributed by atoms with Gasteiger partial charge < -0.3 is 9.84 Å². The monoisotopic (exact) mass is 347 g/mol. The number of amides is 1. The highest BCUT2D eigenvalue weighted by molar-refractivity contribution is 7.13. The Bertz CT molecular complexity index is 678. The molecule has 2 aromatic heterocycles. The Kier molecular flexibility index (Phi) is 5.06.